The maximum atomic E-state index is 11.1. The maximum Gasteiger partial charge on any atom is 0.358 e. The molecule has 0 spiro atoms. The lowest BCUT2D eigenvalue weighted by Gasteiger charge is -1.99. The van der Waals surface area contributed by atoms with E-state index >= 15 is 0 Å². The van der Waals surface area contributed by atoms with Crippen LogP contribution in [0.2, 0.25) is 0 Å². The molecular weight excluding hydrogens is 170 g/mol. The Labute approximate surface area is 77.0 Å². The summed E-state index contributed by atoms with van der Waals surface area (Å²) in [5.74, 6) is -0.473. The first-order valence-electron chi connectivity index (χ1n) is 3.81. The van der Waals surface area contributed by atoms with Gasteiger partial charge in [0.2, 0.25) is 0 Å². The van der Waals surface area contributed by atoms with Crippen molar-refractivity contribution in [3.8, 4) is 0 Å². The largest absolute Gasteiger partial charge is 0.461 e. The van der Waals surface area contributed by atoms with Gasteiger partial charge >= 0.3 is 5.97 Å². The molecule has 0 unspecified atom stereocenters. The molecule has 2 N–H and O–H groups in total. The van der Waals surface area contributed by atoms with Crippen molar-refractivity contribution in [3.05, 3.63) is 24.2 Å². The minimum atomic E-state index is -0.519. The number of nitrogens with two attached hydrogens (primary N) is 1. The zero-order chi connectivity index (χ0) is 10.3. The topological polar surface area (TPSA) is 77.0 Å². The molecule has 0 aliphatic rings. The van der Waals surface area contributed by atoms with E-state index in [1.165, 1.54) is 6.08 Å². The Kier molecular flexibility index (Phi) is 5.18. The Morgan fingerprint density at radius 1 is 1.62 bits per heavy atom. The van der Waals surface area contributed by atoms with E-state index in [-0.39, 0.29) is 11.5 Å². The summed E-state index contributed by atoms with van der Waals surface area (Å²) >= 11 is 0. The summed E-state index contributed by atoms with van der Waals surface area (Å²) in [4.78, 5) is 11.1. The number of carbonyl (C=O) groups excluding carboxylic acids is 1. The number of carbonyl (C=O) groups is 1. The molecule has 5 heteroatoms. The van der Waals surface area contributed by atoms with Gasteiger partial charge < -0.3 is 10.5 Å². The Bertz CT molecular complexity index is 256. The van der Waals surface area contributed by atoms with E-state index in [0.717, 1.165) is 0 Å². The fourth-order valence-electron chi connectivity index (χ4n) is 0.540. The molecule has 72 valence electrons. The van der Waals surface area contributed by atoms with Crippen LogP contribution >= 0.6 is 0 Å². The number of nitrogens with zero attached hydrogens (tertiary/aromatic N) is 2. The van der Waals surface area contributed by atoms with Crippen molar-refractivity contribution in [3.63, 3.8) is 0 Å². The van der Waals surface area contributed by atoms with Crippen molar-refractivity contribution in [1.82, 2.24) is 0 Å². The number of ether oxygens (including phenoxy) is 1. The number of esters is 1. The van der Waals surface area contributed by atoms with Crippen LogP contribution < -0.4 is 5.73 Å². The average Bonchev–Trinajstić information content (AvgIpc) is 2.05. The average molecular weight is 183 g/mol. The summed E-state index contributed by atoms with van der Waals surface area (Å²) in [6, 6.07) is 0. The number of hydrogen-bond donors (Lipinski definition) is 1. The Morgan fingerprint density at radius 2 is 2.23 bits per heavy atom. The first-order valence-corrected chi connectivity index (χ1v) is 3.81. The second-order valence-electron chi connectivity index (χ2n) is 2.09. The quantitative estimate of drug-likeness (QED) is 0.406. The van der Waals surface area contributed by atoms with E-state index in [0.29, 0.717) is 6.61 Å². The molecule has 0 rings (SSSR count). The van der Waals surface area contributed by atoms with Crippen LogP contribution in [0.1, 0.15) is 13.8 Å². The van der Waals surface area contributed by atoms with Gasteiger partial charge in [0.15, 0.2) is 5.70 Å². The predicted octanol–water partition coefficient (Wildman–Crippen LogP) is 1.34. The van der Waals surface area contributed by atoms with E-state index in [9.17, 15) is 4.79 Å². The summed E-state index contributed by atoms with van der Waals surface area (Å²) in [6.07, 6.45) is 1.49. The number of rotatable bonds is 4. The van der Waals surface area contributed by atoms with Gasteiger partial charge in [0.25, 0.3) is 0 Å². The van der Waals surface area contributed by atoms with Gasteiger partial charge in [-0.3, -0.25) is 0 Å². The molecule has 0 aromatic carbocycles. The van der Waals surface area contributed by atoms with Crippen molar-refractivity contribution in [1.29, 1.82) is 0 Å². The van der Waals surface area contributed by atoms with Gasteiger partial charge in [-0.2, -0.15) is 0 Å². The van der Waals surface area contributed by atoms with E-state index in [1.54, 1.807) is 13.8 Å². The molecule has 0 atom stereocenters. The van der Waals surface area contributed by atoms with Crippen molar-refractivity contribution >= 4 is 5.97 Å². The Hall–Kier alpha value is -1.65. The highest BCUT2D eigenvalue weighted by molar-refractivity contribution is 5.87. The third kappa shape index (κ3) is 4.73. The second-order valence-corrected chi connectivity index (χ2v) is 2.09. The minimum absolute atomic E-state index is 0.0450. The number of azo groups is 1. The first kappa shape index (κ1) is 11.4. The summed E-state index contributed by atoms with van der Waals surface area (Å²) in [6.45, 7) is 6.98. The second kappa shape index (κ2) is 5.93. The standard InChI is InChI=1S/C8H13N3O2/c1-4-7(8(12)13-5-2)11-10-6(3)9/h4H,3,5,9H2,1-2H3/b7-4-,11-10?. The Morgan fingerprint density at radius 3 is 2.62 bits per heavy atom. The molecule has 0 saturated heterocycles. The number of allylic oxidation sites excluding steroid dienone is 1. The summed E-state index contributed by atoms with van der Waals surface area (Å²) < 4.78 is 4.70. The van der Waals surface area contributed by atoms with Crippen LogP contribution in [-0.4, -0.2) is 12.6 Å². The van der Waals surface area contributed by atoms with E-state index in [2.05, 4.69) is 16.8 Å². The third-order valence-corrected chi connectivity index (χ3v) is 1.04. The van der Waals surface area contributed by atoms with Crippen LogP contribution in [0.15, 0.2) is 34.4 Å². The molecule has 5 nitrogen and oxygen atoms in total. The molecule has 0 aliphatic carbocycles. The molecule has 0 aliphatic heterocycles. The smallest absolute Gasteiger partial charge is 0.358 e. The zero-order valence-electron chi connectivity index (χ0n) is 7.78. The lowest BCUT2D eigenvalue weighted by Crippen LogP contribution is -2.05. The van der Waals surface area contributed by atoms with Crippen LogP contribution in [0.25, 0.3) is 0 Å². The molecule has 0 heterocycles. The van der Waals surface area contributed by atoms with Crippen molar-refractivity contribution in [2.45, 2.75) is 13.8 Å². The minimum Gasteiger partial charge on any atom is -0.461 e. The van der Waals surface area contributed by atoms with Crippen LogP contribution in [-0.2, 0) is 9.53 Å². The fourth-order valence-corrected chi connectivity index (χ4v) is 0.540. The van der Waals surface area contributed by atoms with Gasteiger partial charge in [-0.1, -0.05) is 12.7 Å². The summed E-state index contributed by atoms with van der Waals surface area (Å²) in [5.41, 5.74) is 5.25. The van der Waals surface area contributed by atoms with Gasteiger partial charge in [-0.25, -0.2) is 4.79 Å². The molecule has 0 saturated carbocycles. The summed E-state index contributed by atoms with van der Waals surface area (Å²) in [7, 11) is 0. The van der Waals surface area contributed by atoms with E-state index in [4.69, 9.17) is 10.5 Å². The van der Waals surface area contributed by atoms with Gasteiger partial charge in [-0.05, 0) is 13.8 Å². The normalized spacial score (nSPS) is 11.7. The van der Waals surface area contributed by atoms with Crippen LogP contribution in [0.3, 0.4) is 0 Å². The van der Waals surface area contributed by atoms with Crippen LogP contribution in [0.4, 0.5) is 0 Å². The zero-order valence-corrected chi connectivity index (χ0v) is 7.78. The van der Waals surface area contributed by atoms with E-state index in [1.807, 2.05) is 0 Å². The predicted molar refractivity (Wildman–Crippen MR) is 48.6 cm³/mol. The fraction of sp³-hybridized carbons (Fsp3) is 0.375. The van der Waals surface area contributed by atoms with Crippen molar-refractivity contribution in [2.75, 3.05) is 6.61 Å². The van der Waals surface area contributed by atoms with Crippen LogP contribution in [0.5, 0.6) is 0 Å². The van der Waals surface area contributed by atoms with Crippen LogP contribution in [0, 0.1) is 0 Å². The molecule has 13 heavy (non-hydrogen) atoms. The molecule has 0 amide bonds. The molecule has 0 bridgehead atoms. The van der Waals surface area contributed by atoms with Crippen molar-refractivity contribution in [2.24, 2.45) is 16.0 Å². The lowest BCUT2D eigenvalue weighted by atomic mass is 10.4. The SMILES string of the molecule is C=C(N)N=N/C(=C\C)C(=O)OCC. The monoisotopic (exact) mass is 183 g/mol. The van der Waals surface area contributed by atoms with Gasteiger partial charge in [-0.15, -0.1) is 10.2 Å². The highest BCUT2D eigenvalue weighted by Crippen LogP contribution is 2.01. The molecule has 0 radical (unpaired) electrons. The highest BCUT2D eigenvalue weighted by atomic mass is 16.5. The molecular formula is C8H13N3O2. The Balaban J connectivity index is 4.37. The summed E-state index contributed by atoms with van der Waals surface area (Å²) in [5, 5.41) is 6.99. The van der Waals surface area contributed by atoms with Gasteiger partial charge in [0, 0.05) is 0 Å². The maximum absolute atomic E-state index is 11.1. The van der Waals surface area contributed by atoms with Gasteiger partial charge in [0.05, 0.1) is 6.61 Å². The van der Waals surface area contributed by atoms with Crippen molar-refractivity contribution < 1.29 is 9.53 Å². The molecule has 0 aromatic heterocycles. The molecule has 0 aromatic rings. The lowest BCUT2D eigenvalue weighted by molar-refractivity contribution is -0.138. The highest BCUT2D eigenvalue weighted by Gasteiger charge is 2.07. The number of hydrogen-bond acceptors (Lipinski definition) is 5. The van der Waals surface area contributed by atoms with Gasteiger partial charge in [0.1, 0.15) is 5.82 Å². The third-order valence-electron chi connectivity index (χ3n) is 1.04. The molecule has 0 fully saturated rings. The van der Waals surface area contributed by atoms with E-state index < -0.39 is 5.97 Å². The first-order chi connectivity index (χ1) is 6.11.